The van der Waals surface area contributed by atoms with Gasteiger partial charge in [-0.2, -0.15) is 0 Å². The van der Waals surface area contributed by atoms with Gasteiger partial charge in [0.05, 0.1) is 17.0 Å². The summed E-state index contributed by atoms with van der Waals surface area (Å²) in [7, 11) is -3.74. The van der Waals surface area contributed by atoms with Gasteiger partial charge in [-0.15, -0.1) is 22.7 Å². The smallest absolute Gasteiger partial charge is 0.263 e. The van der Waals surface area contributed by atoms with Crippen molar-refractivity contribution in [2.45, 2.75) is 11.3 Å². The van der Waals surface area contributed by atoms with Crippen molar-refractivity contribution in [3.8, 4) is 10.6 Å². The first-order chi connectivity index (χ1) is 14.9. The van der Waals surface area contributed by atoms with Gasteiger partial charge in [-0.3, -0.25) is 9.52 Å². The first-order valence-corrected chi connectivity index (χ1v) is 12.5. The van der Waals surface area contributed by atoms with Crippen molar-refractivity contribution in [1.82, 2.24) is 9.97 Å². The molecule has 4 rings (SSSR count). The summed E-state index contributed by atoms with van der Waals surface area (Å²) in [5.41, 5.74) is 2.08. The summed E-state index contributed by atoms with van der Waals surface area (Å²) in [6.45, 7) is 0. The van der Waals surface area contributed by atoms with E-state index in [1.165, 1.54) is 53.1 Å². The summed E-state index contributed by atoms with van der Waals surface area (Å²) in [6, 6.07) is 13.3. The topological polar surface area (TPSA) is 101 Å². The van der Waals surface area contributed by atoms with Crippen LogP contribution in [0.3, 0.4) is 0 Å². The number of rotatable bonds is 7. The zero-order valence-electron chi connectivity index (χ0n) is 15.8. The maximum absolute atomic E-state index is 12.4. The van der Waals surface area contributed by atoms with Crippen LogP contribution in [0.25, 0.3) is 10.6 Å². The molecule has 0 bridgehead atoms. The third kappa shape index (κ3) is 5.47. The Hall–Kier alpha value is -2.79. The van der Waals surface area contributed by atoms with Crippen molar-refractivity contribution in [2.24, 2.45) is 0 Å². The van der Waals surface area contributed by atoms with Crippen molar-refractivity contribution < 1.29 is 13.2 Å². The van der Waals surface area contributed by atoms with Gasteiger partial charge < -0.3 is 5.32 Å². The summed E-state index contributed by atoms with van der Waals surface area (Å²) >= 11 is 8.55. The number of thiazole rings is 2. The second kappa shape index (κ2) is 9.15. The molecule has 0 spiro atoms. The van der Waals surface area contributed by atoms with E-state index >= 15 is 0 Å². The molecule has 0 atom stereocenters. The largest absolute Gasteiger partial charge is 0.326 e. The highest BCUT2D eigenvalue weighted by Gasteiger charge is 2.16. The van der Waals surface area contributed by atoms with Gasteiger partial charge >= 0.3 is 0 Å². The first kappa shape index (κ1) is 21.4. The lowest BCUT2D eigenvalue weighted by Crippen LogP contribution is -2.15. The quantitative estimate of drug-likeness (QED) is 0.383. The summed E-state index contributed by atoms with van der Waals surface area (Å²) in [6.07, 6.45) is 1.62. The third-order valence-corrected chi connectivity index (χ3v) is 7.45. The number of benzene rings is 2. The second-order valence-corrected chi connectivity index (χ2v) is 10.2. The highest BCUT2D eigenvalue weighted by molar-refractivity contribution is 7.93. The van der Waals surface area contributed by atoms with Crippen molar-refractivity contribution in [2.75, 3.05) is 10.0 Å². The van der Waals surface area contributed by atoms with Crippen LogP contribution in [0.5, 0.6) is 0 Å². The fourth-order valence-electron chi connectivity index (χ4n) is 2.65. The van der Waals surface area contributed by atoms with Gasteiger partial charge in [0.25, 0.3) is 10.0 Å². The number of sulfonamides is 1. The minimum Gasteiger partial charge on any atom is -0.326 e. The number of aromatic nitrogens is 2. The number of nitrogens with zero attached hydrogens (tertiary/aromatic N) is 2. The SMILES string of the molecule is O=C(Cc1csc(-c2ccc(Cl)cc2)n1)Nc1ccc(S(=O)(=O)Nc2nccs2)cc1. The van der Waals surface area contributed by atoms with E-state index in [0.29, 0.717) is 21.5 Å². The van der Waals surface area contributed by atoms with E-state index in [-0.39, 0.29) is 17.2 Å². The lowest BCUT2D eigenvalue weighted by Gasteiger charge is -2.07. The van der Waals surface area contributed by atoms with Crippen LogP contribution in [-0.2, 0) is 21.2 Å². The number of carbonyl (C=O) groups excluding carboxylic acids is 1. The van der Waals surface area contributed by atoms with Crippen LogP contribution in [0.15, 0.2) is 70.4 Å². The minimum atomic E-state index is -3.74. The van der Waals surface area contributed by atoms with E-state index in [9.17, 15) is 13.2 Å². The average molecular weight is 491 g/mol. The molecule has 2 aromatic heterocycles. The van der Waals surface area contributed by atoms with Crippen LogP contribution in [0.2, 0.25) is 5.02 Å². The van der Waals surface area contributed by atoms with E-state index in [2.05, 4.69) is 20.0 Å². The molecule has 2 aromatic carbocycles. The zero-order chi connectivity index (χ0) is 21.8. The number of nitrogens with one attached hydrogen (secondary N) is 2. The number of amides is 1. The summed E-state index contributed by atoms with van der Waals surface area (Å²) in [5, 5.41) is 8.02. The maximum atomic E-state index is 12.4. The Labute approximate surface area is 191 Å². The molecule has 11 heteroatoms. The van der Waals surface area contributed by atoms with Gasteiger partial charge in [-0.05, 0) is 36.4 Å². The molecule has 0 saturated heterocycles. The Morgan fingerprint density at radius 2 is 1.77 bits per heavy atom. The molecule has 4 aromatic rings. The van der Waals surface area contributed by atoms with E-state index in [0.717, 1.165) is 10.6 Å². The summed E-state index contributed by atoms with van der Waals surface area (Å²) < 4.78 is 27.1. The molecule has 2 heterocycles. The standard InChI is InChI=1S/C20H15ClN4O3S3/c21-14-3-1-13(2-4-14)19-24-16(12-30-19)11-18(26)23-15-5-7-17(8-6-15)31(27,28)25-20-22-9-10-29-20/h1-10,12H,11H2,(H,22,25)(H,23,26). The van der Waals surface area contributed by atoms with E-state index in [4.69, 9.17) is 11.6 Å². The molecule has 0 radical (unpaired) electrons. The van der Waals surface area contributed by atoms with Crippen LogP contribution in [0.4, 0.5) is 10.8 Å². The molecule has 0 unspecified atom stereocenters. The number of carbonyl (C=O) groups is 1. The van der Waals surface area contributed by atoms with Crippen LogP contribution in [0, 0.1) is 0 Å². The molecule has 0 aliphatic heterocycles. The fourth-order valence-corrected chi connectivity index (χ4v) is 5.39. The monoisotopic (exact) mass is 490 g/mol. The zero-order valence-corrected chi connectivity index (χ0v) is 19.0. The van der Waals surface area contributed by atoms with E-state index < -0.39 is 10.0 Å². The van der Waals surface area contributed by atoms with Crippen molar-refractivity contribution in [3.05, 3.63) is 76.2 Å². The Morgan fingerprint density at radius 3 is 2.45 bits per heavy atom. The molecule has 1 amide bonds. The maximum Gasteiger partial charge on any atom is 0.263 e. The lowest BCUT2D eigenvalue weighted by molar-refractivity contribution is -0.115. The normalized spacial score (nSPS) is 11.3. The Bertz CT molecular complexity index is 1290. The Kier molecular flexibility index (Phi) is 6.33. The Morgan fingerprint density at radius 1 is 1.03 bits per heavy atom. The van der Waals surface area contributed by atoms with Crippen molar-refractivity contribution in [1.29, 1.82) is 0 Å². The predicted molar refractivity (Wildman–Crippen MR) is 124 cm³/mol. The number of hydrogen-bond donors (Lipinski definition) is 2. The number of anilines is 2. The van der Waals surface area contributed by atoms with Crippen LogP contribution >= 0.6 is 34.3 Å². The fraction of sp³-hybridized carbons (Fsp3) is 0.0500. The predicted octanol–water partition coefficient (Wildman–Crippen LogP) is 4.90. The molecular formula is C20H15ClN4O3S3. The minimum absolute atomic E-state index is 0.0767. The van der Waals surface area contributed by atoms with Crippen LogP contribution in [-0.4, -0.2) is 24.3 Å². The summed E-state index contributed by atoms with van der Waals surface area (Å²) in [4.78, 5) is 20.8. The van der Waals surface area contributed by atoms with E-state index in [1.54, 1.807) is 17.5 Å². The van der Waals surface area contributed by atoms with E-state index in [1.807, 2.05) is 17.5 Å². The highest BCUT2D eigenvalue weighted by Crippen LogP contribution is 2.25. The molecular weight excluding hydrogens is 476 g/mol. The number of hydrogen-bond acceptors (Lipinski definition) is 7. The van der Waals surface area contributed by atoms with Gasteiger partial charge in [-0.1, -0.05) is 23.7 Å². The molecule has 0 saturated carbocycles. The third-order valence-electron chi connectivity index (χ3n) is 4.09. The molecule has 7 nitrogen and oxygen atoms in total. The molecule has 158 valence electrons. The molecule has 0 aliphatic carbocycles. The molecule has 2 N–H and O–H groups in total. The average Bonchev–Trinajstić information content (AvgIpc) is 3.41. The van der Waals surface area contributed by atoms with Crippen LogP contribution < -0.4 is 10.0 Å². The van der Waals surface area contributed by atoms with Gasteiger partial charge in [0.15, 0.2) is 5.13 Å². The molecule has 0 aliphatic rings. The van der Waals surface area contributed by atoms with Gasteiger partial charge in [-0.25, -0.2) is 18.4 Å². The molecule has 31 heavy (non-hydrogen) atoms. The highest BCUT2D eigenvalue weighted by atomic mass is 35.5. The molecule has 0 fully saturated rings. The Balaban J connectivity index is 1.37. The first-order valence-electron chi connectivity index (χ1n) is 8.92. The second-order valence-electron chi connectivity index (χ2n) is 6.34. The van der Waals surface area contributed by atoms with Gasteiger partial charge in [0, 0.05) is 33.2 Å². The van der Waals surface area contributed by atoms with Crippen LogP contribution in [0.1, 0.15) is 5.69 Å². The van der Waals surface area contributed by atoms with Gasteiger partial charge in [0.2, 0.25) is 5.91 Å². The number of halogens is 1. The lowest BCUT2D eigenvalue weighted by atomic mass is 10.2. The van der Waals surface area contributed by atoms with Crippen molar-refractivity contribution >= 4 is 61.0 Å². The van der Waals surface area contributed by atoms with Gasteiger partial charge in [0.1, 0.15) is 5.01 Å². The summed E-state index contributed by atoms with van der Waals surface area (Å²) in [5.74, 6) is -0.246. The van der Waals surface area contributed by atoms with Crippen molar-refractivity contribution in [3.63, 3.8) is 0 Å².